The lowest BCUT2D eigenvalue weighted by atomic mass is 9.69. The average Bonchev–Trinajstić information content (AvgIpc) is 2.65. The Hall–Kier alpha value is -2.00. The number of hydrogen-bond donors (Lipinski definition) is 0. The molecule has 4 heteroatoms. The van der Waals surface area contributed by atoms with Crippen molar-refractivity contribution >= 4 is 22.4 Å². The second-order valence-corrected chi connectivity index (χ2v) is 7.71. The van der Waals surface area contributed by atoms with Crippen molar-refractivity contribution in [3.8, 4) is 0 Å². The van der Waals surface area contributed by atoms with E-state index in [1.807, 2.05) is 12.1 Å². The van der Waals surface area contributed by atoms with Crippen molar-refractivity contribution in [3.63, 3.8) is 0 Å². The Bertz CT molecular complexity index is 989. The minimum atomic E-state index is -0.735. The second kappa shape index (κ2) is 7.20. The van der Waals surface area contributed by atoms with E-state index in [4.69, 9.17) is 11.6 Å². The number of hydrogen-bond acceptors (Lipinski definition) is 0. The first-order valence-electron chi connectivity index (χ1n) is 9.35. The van der Waals surface area contributed by atoms with Gasteiger partial charge in [0.25, 0.3) is 0 Å². The molecule has 0 bridgehead atoms. The Kier molecular flexibility index (Phi) is 4.90. The lowest BCUT2D eigenvalue weighted by Gasteiger charge is -2.35. The largest absolute Gasteiger partial charge is 0.206 e. The third-order valence-electron chi connectivity index (χ3n) is 5.75. The molecule has 0 saturated carbocycles. The first-order chi connectivity index (χ1) is 13.0. The molecule has 0 aromatic heterocycles. The van der Waals surface area contributed by atoms with Crippen LogP contribution < -0.4 is 0 Å². The topological polar surface area (TPSA) is 0 Å². The maximum absolute atomic E-state index is 14.2. The van der Waals surface area contributed by atoms with Gasteiger partial charge in [-0.25, -0.2) is 13.2 Å². The van der Waals surface area contributed by atoms with E-state index in [0.29, 0.717) is 10.9 Å². The van der Waals surface area contributed by atoms with Gasteiger partial charge < -0.3 is 0 Å². The van der Waals surface area contributed by atoms with Crippen molar-refractivity contribution in [2.45, 2.75) is 38.5 Å². The fourth-order valence-corrected chi connectivity index (χ4v) is 4.72. The van der Waals surface area contributed by atoms with Crippen LogP contribution >= 0.6 is 11.6 Å². The highest BCUT2D eigenvalue weighted by atomic mass is 35.5. The van der Waals surface area contributed by atoms with E-state index in [0.717, 1.165) is 42.2 Å². The van der Waals surface area contributed by atoms with E-state index < -0.39 is 16.7 Å². The third-order valence-corrected chi connectivity index (χ3v) is 6.11. The lowest BCUT2D eigenvalue weighted by Crippen LogP contribution is -2.22. The average molecular weight is 389 g/mol. The smallest absolute Gasteiger partial charge is 0.145 e. The van der Waals surface area contributed by atoms with Gasteiger partial charge in [0.05, 0.1) is 0 Å². The van der Waals surface area contributed by atoms with E-state index in [1.54, 1.807) is 12.1 Å². The second-order valence-electron chi connectivity index (χ2n) is 7.33. The van der Waals surface area contributed by atoms with E-state index in [9.17, 15) is 13.2 Å². The van der Waals surface area contributed by atoms with Crippen LogP contribution in [0.25, 0.3) is 10.8 Å². The molecule has 0 N–H and O–H groups in total. The minimum Gasteiger partial charge on any atom is -0.206 e. The number of halogens is 4. The SMILES string of the molecule is CCC[C@@H]1CCc2c(ccc3c(F)cccc23)[C@H]1c1cc(F)c(Cl)c(F)c1. The molecular formula is C23H20ClF3. The molecule has 0 nitrogen and oxygen atoms in total. The monoisotopic (exact) mass is 388 g/mol. The highest BCUT2D eigenvalue weighted by Crippen LogP contribution is 2.46. The van der Waals surface area contributed by atoms with Gasteiger partial charge in [0.15, 0.2) is 0 Å². The summed E-state index contributed by atoms with van der Waals surface area (Å²) in [5.41, 5.74) is 2.73. The third kappa shape index (κ3) is 3.12. The van der Waals surface area contributed by atoms with Gasteiger partial charge in [-0.15, -0.1) is 0 Å². The molecule has 1 aliphatic carbocycles. The van der Waals surface area contributed by atoms with Crippen molar-refractivity contribution in [1.82, 2.24) is 0 Å². The van der Waals surface area contributed by atoms with Gasteiger partial charge in [-0.3, -0.25) is 0 Å². The predicted octanol–water partition coefficient (Wildman–Crippen LogP) is 7.40. The van der Waals surface area contributed by atoms with Crippen LogP contribution in [0.2, 0.25) is 5.02 Å². The molecule has 0 spiro atoms. The minimum absolute atomic E-state index is 0.123. The molecule has 27 heavy (non-hydrogen) atoms. The van der Waals surface area contributed by atoms with Crippen molar-refractivity contribution in [1.29, 1.82) is 0 Å². The fourth-order valence-electron chi connectivity index (χ4n) is 4.61. The quantitative estimate of drug-likeness (QED) is 0.410. The summed E-state index contributed by atoms with van der Waals surface area (Å²) in [6, 6.07) is 11.5. The van der Waals surface area contributed by atoms with Gasteiger partial charge in [0, 0.05) is 11.3 Å². The Morgan fingerprint density at radius 1 is 0.963 bits per heavy atom. The Labute approximate surface area is 162 Å². The molecule has 0 amide bonds. The maximum Gasteiger partial charge on any atom is 0.145 e. The van der Waals surface area contributed by atoms with E-state index in [2.05, 4.69) is 6.92 Å². The van der Waals surface area contributed by atoms with E-state index in [1.165, 1.54) is 18.2 Å². The molecular weight excluding hydrogens is 369 g/mol. The predicted molar refractivity (Wildman–Crippen MR) is 104 cm³/mol. The normalized spacial score (nSPS) is 19.3. The number of aryl methyl sites for hydroxylation is 1. The summed E-state index contributed by atoms with van der Waals surface area (Å²) in [6.45, 7) is 2.12. The number of fused-ring (bicyclic) bond motifs is 3. The molecule has 2 atom stereocenters. The zero-order valence-corrected chi connectivity index (χ0v) is 15.8. The Morgan fingerprint density at radius 2 is 1.70 bits per heavy atom. The van der Waals surface area contributed by atoms with Crippen molar-refractivity contribution in [2.75, 3.05) is 0 Å². The van der Waals surface area contributed by atoms with Crippen LogP contribution in [0.15, 0.2) is 42.5 Å². The Morgan fingerprint density at radius 3 is 2.41 bits per heavy atom. The molecule has 0 fully saturated rings. The number of rotatable bonds is 3. The van der Waals surface area contributed by atoms with Gasteiger partial charge in [-0.2, -0.15) is 0 Å². The first kappa shape index (κ1) is 18.4. The Balaban J connectivity index is 1.94. The highest BCUT2D eigenvalue weighted by Gasteiger charge is 2.32. The van der Waals surface area contributed by atoms with E-state index in [-0.39, 0.29) is 17.7 Å². The molecule has 3 aromatic carbocycles. The van der Waals surface area contributed by atoms with Crippen LogP contribution in [0.4, 0.5) is 13.2 Å². The molecule has 3 aromatic rings. The molecule has 0 radical (unpaired) electrons. The van der Waals surface area contributed by atoms with Crippen LogP contribution in [0.1, 0.15) is 48.8 Å². The van der Waals surface area contributed by atoms with Crippen LogP contribution in [0, 0.1) is 23.4 Å². The molecule has 4 rings (SSSR count). The summed E-state index contributed by atoms with van der Waals surface area (Å²) < 4.78 is 42.5. The van der Waals surface area contributed by atoms with Crippen LogP contribution in [0.5, 0.6) is 0 Å². The maximum atomic E-state index is 14.2. The standard InChI is InChI=1S/C23H20ClF3/c1-2-4-13-7-8-16-15-5-3-6-19(25)17(15)9-10-18(16)22(13)14-11-20(26)23(24)21(27)12-14/h3,5-6,9-13,22H,2,4,7-8H2,1H3/t13-,22-/m1/s1. The number of benzene rings is 3. The van der Waals surface area contributed by atoms with Crippen LogP contribution in [-0.2, 0) is 6.42 Å². The molecule has 0 aliphatic heterocycles. The zero-order valence-electron chi connectivity index (χ0n) is 15.0. The van der Waals surface area contributed by atoms with Crippen molar-refractivity contribution in [2.24, 2.45) is 5.92 Å². The van der Waals surface area contributed by atoms with Crippen molar-refractivity contribution in [3.05, 3.63) is 81.6 Å². The molecule has 0 saturated heterocycles. The van der Waals surface area contributed by atoms with Gasteiger partial charge in [-0.1, -0.05) is 49.2 Å². The van der Waals surface area contributed by atoms with Gasteiger partial charge in [-0.05, 0) is 65.5 Å². The summed E-state index contributed by atoms with van der Waals surface area (Å²) in [6.07, 6.45) is 3.72. The summed E-state index contributed by atoms with van der Waals surface area (Å²) in [7, 11) is 0. The fraction of sp³-hybridized carbons (Fsp3) is 0.304. The molecule has 1 aliphatic rings. The van der Waals surface area contributed by atoms with E-state index >= 15 is 0 Å². The highest BCUT2D eigenvalue weighted by molar-refractivity contribution is 6.30. The van der Waals surface area contributed by atoms with Gasteiger partial charge >= 0.3 is 0 Å². The van der Waals surface area contributed by atoms with Crippen molar-refractivity contribution < 1.29 is 13.2 Å². The zero-order chi connectivity index (χ0) is 19.1. The van der Waals surface area contributed by atoms with Gasteiger partial charge in [0.1, 0.15) is 22.5 Å². The summed E-state index contributed by atoms with van der Waals surface area (Å²) in [5.74, 6) is -1.55. The summed E-state index contributed by atoms with van der Waals surface area (Å²) >= 11 is 5.69. The summed E-state index contributed by atoms with van der Waals surface area (Å²) in [4.78, 5) is 0. The molecule has 0 heterocycles. The lowest BCUT2D eigenvalue weighted by molar-refractivity contribution is 0.378. The molecule has 0 unspecified atom stereocenters. The first-order valence-corrected chi connectivity index (χ1v) is 9.73. The molecule has 140 valence electrons. The van der Waals surface area contributed by atoms with Crippen LogP contribution in [-0.4, -0.2) is 0 Å². The summed E-state index contributed by atoms with van der Waals surface area (Å²) in [5, 5.41) is 1.02. The van der Waals surface area contributed by atoms with Gasteiger partial charge in [0.2, 0.25) is 0 Å². The van der Waals surface area contributed by atoms with Crippen LogP contribution in [0.3, 0.4) is 0 Å².